The lowest BCUT2D eigenvalue weighted by molar-refractivity contribution is -0.142. The lowest BCUT2D eigenvalue weighted by atomic mass is 9.93. The first-order chi connectivity index (χ1) is 15.1. The smallest absolute Gasteiger partial charge is 0.225 e. The van der Waals surface area contributed by atoms with Gasteiger partial charge in [0.25, 0.3) is 0 Å². The molecule has 1 aliphatic rings. The summed E-state index contributed by atoms with van der Waals surface area (Å²) in [5.41, 5.74) is 1.48. The number of anilines is 3. The van der Waals surface area contributed by atoms with Crippen LogP contribution in [0.3, 0.4) is 0 Å². The standard InChI is InChI=1S/C21H28N6O3S/c1-3-29-19(30-4-2)16-12-17(27-21-25-15-6-5-11-22-18(15)31-21)26-20(24-16)23-13-7-9-14(28)10-8-13/h5-6,11-14,19,28H,3-4,7-10H2,1-2H3,(H2,23,24,25,26,27). The van der Waals surface area contributed by atoms with Crippen LogP contribution in [0, 0.1) is 0 Å². The number of aromatic nitrogens is 4. The molecule has 0 spiro atoms. The molecule has 1 aliphatic carbocycles. The Morgan fingerprint density at radius 1 is 1.13 bits per heavy atom. The fourth-order valence-corrected chi connectivity index (χ4v) is 4.39. The van der Waals surface area contributed by atoms with E-state index in [0.29, 0.717) is 35.8 Å². The summed E-state index contributed by atoms with van der Waals surface area (Å²) in [5, 5.41) is 17.2. The summed E-state index contributed by atoms with van der Waals surface area (Å²) in [5.74, 6) is 1.11. The second-order valence-corrected chi connectivity index (χ2v) is 8.34. The van der Waals surface area contributed by atoms with E-state index in [9.17, 15) is 5.11 Å². The molecule has 166 valence electrons. The molecule has 3 heterocycles. The molecule has 0 saturated heterocycles. The van der Waals surface area contributed by atoms with Crippen molar-refractivity contribution in [2.45, 2.75) is 58.0 Å². The van der Waals surface area contributed by atoms with E-state index in [2.05, 4.69) is 30.6 Å². The Hall–Kier alpha value is -2.40. The van der Waals surface area contributed by atoms with Gasteiger partial charge >= 0.3 is 0 Å². The highest BCUT2D eigenvalue weighted by molar-refractivity contribution is 7.21. The molecule has 0 amide bonds. The monoisotopic (exact) mass is 444 g/mol. The van der Waals surface area contributed by atoms with Crippen LogP contribution in [0.4, 0.5) is 16.9 Å². The number of hydrogen-bond donors (Lipinski definition) is 3. The summed E-state index contributed by atoms with van der Waals surface area (Å²) in [4.78, 5) is 19.1. The first kappa shape index (κ1) is 21.8. The maximum absolute atomic E-state index is 9.78. The van der Waals surface area contributed by atoms with E-state index in [4.69, 9.17) is 9.47 Å². The van der Waals surface area contributed by atoms with E-state index in [-0.39, 0.29) is 12.1 Å². The zero-order chi connectivity index (χ0) is 21.6. The molecule has 3 aromatic rings. The maximum Gasteiger partial charge on any atom is 0.225 e. The van der Waals surface area contributed by atoms with E-state index < -0.39 is 6.29 Å². The largest absolute Gasteiger partial charge is 0.393 e. The first-order valence-corrected chi connectivity index (χ1v) is 11.5. The Morgan fingerprint density at radius 3 is 2.61 bits per heavy atom. The first-order valence-electron chi connectivity index (χ1n) is 10.7. The van der Waals surface area contributed by atoms with Crippen LogP contribution in [0.15, 0.2) is 24.4 Å². The molecular formula is C21H28N6O3S. The van der Waals surface area contributed by atoms with Gasteiger partial charge in [0.15, 0.2) is 5.13 Å². The Labute approximate surface area is 185 Å². The van der Waals surface area contributed by atoms with E-state index >= 15 is 0 Å². The van der Waals surface area contributed by atoms with Crippen LogP contribution in [0.25, 0.3) is 10.3 Å². The summed E-state index contributed by atoms with van der Waals surface area (Å²) >= 11 is 1.46. The number of pyridine rings is 1. The molecule has 31 heavy (non-hydrogen) atoms. The Kier molecular flexibility index (Phi) is 7.23. The molecule has 4 rings (SSSR count). The van der Waals surface area contributed by atoms with Crippen LogP contribution in [0.2, 0.25) is 0 Å². The molecule has 10 heteroatoms. The highest BCUT2D eigenvalue weighted by Gasteiger charge is 2.22. The number of aliphatic hydroxyl groups is 1. The molecule has 0 bridgehead atoms. The number of fused-ring (bicyclic) bond motifs is 1. The van der Waals surface area contributed by atoms with Gasteiger partial charge in [0.1, 0.15) is 21.9 Å². The van der Waals surface area contributed by atoms with Gasteiger partial charge in [-0.1, -0.05) is 11.3 Å². The molecular weight excluding hydrogens is 416 g/mol. The van der Waals surface area contributed by atoms with Crippen LogP contribution >= 0.6 is 11.3 Å². The van der Waals surface area contributed by atoms with Gasteiger partial charge in [0, 0.05) is 31.5 Å². The topological polar surface area (TPSA) is 114 Å². The second-order valence-electron chi connectivity index (χ2n) is 7.37. The van der Waals surface area contributed by atoms with E-state index in [1.165, 1.54) is 11.3 Å². The van der Waals surface area contributed by atoms with Crippen molar-refractivity contribution >= 4 is 38.6 Å². The molecule has 9 nitrogen and oxygen atoms in total. The zero-order valence-electron chi connectivity index (χ0n) is 17.7. The molecule has 0 aliphatic heterocycles. The number of rotatable bonds is 9. The van der Waals surface area contributed by atoms with Gasteiger partial charge in [-0.15, -0.1) is 0 Å². The van der Waals surface area contributed by atoms with Crippen LogP contribution < -0.4 is 10.6 Å². The third-order valence-corrected chi connectivity index (χ3v) is 5.95. The van der Waals surface area contributed by atoms with Gasteiger partial charge in [-0.25, -0.2) is 15.0 Å². The normalized spacial score (nSPS) is 19.1. The van der Waals surface area contributed by atoms with Crippen molar-refractivity contribution in [3.63, 3.8) is 0 Å². The van der Waals surface area contributed by atoms with Crippen molar-refractivity contribution in [3.8, 4) is 0 Å². The van der Waals surface area contributed by atoms with Crippen molar-refractivity contribution < 1.29 is 14.6 Å². The number of ether oxygens (including phenoxy) is 2. The molecule has 3 N–H and O–H groups in total. The van der Waals surface area contributed by atoms with Gasteiger partial charge in [0.05, 0.1) is 6.10 Å². The fraction of sp³-hybridized carbons (Fsp3) is 0.524. The fourth-order valence-electron chi connectivity index (χ4n) is 3.57. The molecule has 0 aromatic carbocycles. The highest BCUT2D eigenvalue weighted by atomic mass is 32.1. The predicted octanol–water partition coefficient (Wildman–Crippen LogP) is 4.01. The molecule has 1 fully saturated rings. The average molecular weight is 445 g/mol. The summed E-state index contributed by atoms with van der Waals surface area (Å²) in [6.07, 6.45) is 4.27. The van der Waals surface area contributed by atoms with Crippen LogP contribution in [-0.2, 0) is 9.47 Å². The summed E-state index contributed by atoms with van der Waals surface area (Å²) < 4.78 is 11.5. The summed E-state index contributed by atoms with van der Waals surface area (Å²) in [6, 6.07) is 5.84. The molecule has 1 saturated carbocycles. The van der Waals surface area contributed by atoms with Crippen LogP contribution in [0.1, 0.15) is 51.5 Å². The predicted molar refractivity (Wildman–Crippen MR) is 121 cm³/mol. The average Bonchev–Trinajstić information content (AvgIpc) is 3.17. The minimum absolute atomic E-state index is 0.213. The minimum atomic E-state index is -0.579. The van der Waals surface area contributed by atoms with Crippen molar-refractivity contribution in [1.82, 2.24) is 19.9 Å². The lowest BCUT2D eigenvalue weighted by Gasteiger charge is -2.26. The molecule has 0 atom stereocenters. The number of nitrogens with zero attached hydrogens (tertiary/aromatic N) is 4. The zero-order valence-corrected chi connectivity index (χ0v) is 18.6. The second kappa shape index (κ2) is 10.3. The Morgan fingerprint density at radius 2 is 1.90 bits per heavy atom. The van der Waals surface area contributed by atoms with Crippen molar-refractivity contribution in [3.05, 3.63) is 30.1 Å². The Bertz CT molecular complexity index is 953. The Balaban J connectivity index is 1.61. The van der Waals surface area contributed by atoms with Crippen LogP contribution in [0.5, 0.6) is 0 Å². The van der Waals surface area contributed by atoms with Crippen molar-refractivity contribution in [2.24, 2.45) is 0 Å². The minimum Gasteiger partial charge on any atom is -0.393 e. The summed E-state index contributed by atoms with van der Waals surface area (Å²) in [7, 11) is 0. The lowest BCUT2D eigenvalue weighted by Crippen LogP contribution is -2.29. The quantitative estimate of drug-likeness (QED) is 0.421. The SMILES string of the molecule is CCOC(OCC)c1cc(Nc2nc3cccnc3s2)nc(NC2CCC(O)CC2)n1. The van der Waals surface area contributed by atoms with Gasteiger partial charge in [-0.3, -0.25) is 0 Å². The third-order valence-electron chi connectivity index (χ3n) is 5.05. The highest BCUT2D eigenvalue weighted by Crippen LogP contribution is 2.29. The number of aliphatic hydroxyl groups excluding tert-OH is 1. The van der Waals surface area contributed by atoms with Gasteiger partial charge in [0.2, 0.25) is 12.2 Å². The van der Waals surface area contributed by atoms with E-state index in [0.717, 1.165) is 36.0 Å². The van der Waals surface area contributed by atoms with Gasteiger partial charge in [-0.05, 0) is 51.7 Å². The van der Waals surface area contributed by atoms with Crippen molar-refractivity contribution in [2.75, 3.05) is 23.8 Å². The third kappa shape index (κ3) is 5.65. The number of thiazole rings is 1. The van der Waals surface area contributed by atoms with Crippen LogP contribution in [-0.4, -0.2) is 50.4 Å². The molecule has 0 radical (unpaired) electrons. The van der Waals surface area contributed by atoms with Gasteiger partial charge < -0.3 is 25.2 Å². The van der Waals surface area contributed by atoms with Gasteiger partial charge in [-0.2, -0.15) is 4.98 Å². The number of nitrogens with one attached hydrogen (secondary N) is 2. The molecule has 3 aromatic heterocycles. The molecule has 0 unspecified atom stereocenters. The van der Waals surface area contributed by atoms with E-state index in [1.807, 2.05) is 32.0 Å². The van der Waals surface area contributed by atoms with E-state index in [1.54, 1.807) is 6.20 Å². The van der Waals surface area contributed by atoms with Crippen molar-refractivity contribution in [1.29, 1.82) is 0 Å². The summed E-state index contributed by atoms with van der Waals surface area (Å²) in [6.45, 7) is 4.86. The maximum atomic E-state index is 9.78. The number of hydrogen-bond acceptors (Lipinski definition) is 10.